The molecule has 1 saturated heterocycles. The fourth-order valence-corrected chi connectivity index (χ4v) is 3.30. The lowest BCUT2D eigenvalue weighted by atomic mass is 9.97. The Balaban J connectivity index is 1.91. The van der Waals surface area contributed by atoms with E-state index in [0.717, 1.165) is 30.4 Å². The molecular weight excluding hydrogens is 332 g/mol. The third-order valence-electron chi connectivity index (χ3n) is 4.76. The molecule has 0 saturated carbocycles. The molecule has 0 radical (unpaired) electrons. The van der Waals surface area contributed by atoms with Gasteiger partial charge in [0.05, 0.1) is 18.6 Å². The largest absolute Gasteiger partial charge is 0.378 e. The van der Waals surface area contributed by atoms with Crippen LogP contribution in [-0.2, 0) is 9.53 Å². The highest BCUT2D eigenvalue weighted by Crippen LogP contribution is 2.23. The van der Waals surface area contributed by atoms with Gasteiger partial charge in [0.1, 0.15) is 0 Å². The number of carbonyl (C=O) groups is 2. The molecule has 0 aromatic heterocycles. The lowest BCUT2D eigenvalue weighted by molar-refractivity contribution is -0.134. The van der Waals surface area contributed by atoms with Gasteiger partial charge < -0.3 is 26.4 Å². The van der Waals surface area contributed by atoms with Gasteiger partial charge in [-0.15, -0.1) is 0 Å². The number of urea groups is 1. The number of primary amides is 1. The number of aryl methyl sites for hydroxylation is 1. The Kier molecular flexibility index (Phi) is 7.87. The Labute approximate surface area is 155 Å². The quantitative estimate of drug-likeness (QED) is 0.608. The topological polar surface area (TPSA) is 111 Å². The molecule has 0 spiro atoms. The maximum absolute atomic E-state index is 12.7. The smallest absolute Gasteiger partial charge is 0.312 e. The average molecular weight is 362 g/mol. The SMILES string of the molecule is Cc1ccccc1C(CC(=O)N1CCC(OCCCN)CC1)NC(N)=O. The van der Waals surface area contributed by atoms with Crippen molar-refractivity contribution >= 4 is 11.9 Å². The number of hydrogen-bond acceptors (Lipinski definition) is 4. The number of likely N-dealkylation sites (tertiary alicyclic amines) is 1. The van der Waals surface area contributed by atoms with Crippen LogP contribution in [0.25, 0.3) is 0 Å². The van der Waals surface area contributed by atoms with Gasteiger partial charge >= 0.3 is 6.03 Å². The molecule has 7 nitrogen and oxygen atoms in total. The summed E-state index contributed by atoms with van der Waals surface area (Å²) < 4.78 is 5.78. The number of amides is 3. The van der Waals surface area contributed by atoms with Crippen LogP contribution in [0.3, 0.4) is 0 Å². The maximum atomic E-state index is 12.7. The van der Waals surface area contributed by atoms with Crippen molar-refractivity contribution in [3.8, 4) is 0 Å². The van der Waals surface area contributed by atoms with Crippen molar-refractivity contribution in [2.24, 2.45) is 11.5 Å². The van der Waals surface area contributed by atoms with Crippen LogP contribution in [-0.4, -0.2) is 49.2 Å². The van der Waals surface area contributed by atoms with Crippen LogP contribution in [0.5, 0.6) is 0 Å². The van der Waals surface area contributed by atoms with Crippen molar-refractivity contribution in [2.75, 3.05) is 26.2 Å². The maximum Gasteiger partial charge on any atom is 0.312 e. The van der Waals surface area contributed by atoms with Crippen molar-refractivity contribution in [3.63, 3.8) is 0 Å². The zero-order valence-electron chi connectivity index (χ0n) is 15.4. The molecule has 1 fully saturated rings. The summed E-state index contributed by atoms with van der Waals surface area (Å²) in [5, 5.41) is 2.70. The molecule has 0 aliphatic carbocycles. The fraction of sp³-hybridized carbons (Fsp3) is 0.579. The Morgan fingerprint density at radius 3 is 2.62 bits per heavy atom. The third-order valence-corrected chi connectivity index (χ3v) is 4.76. The minimum atomic E-state index is -0.627. The predicted molar refractivity (Wildman–Crippen MR) is 100 cm³/mol. The second kappa shape index (κ2) is 10.1. The van der Waals surface area contributed by atoms with E-state index in [1.807, 2.05) is 36.1 Å². The standard InChI is InChI=1S/C19H30N4O3/c1-14-5-2-3-6-16(14)17(22-19(21)25)13-18(24)23-10-7-15(8-11-23)26-12-4-9-20/h2-3,5-6,15,17H,4,7-13,20H2,1H3,(H3,21,22,25). The minimum Gasteiger partial charge on any atom is -0.378 e. The first-order valence-corrected chi connectivity index (χ1v) is 9.22. The van der Waals surface area contributed by atoms with Crippen LogP contribution in [0.4, 0.5) is 4.79 Å². The first-order chi connectivity index (χ1) is 12.5. The number of rotatable bonds is 8. The van der Waals surface area contributed by atoms with E-state index >= 15 is 0 Å². The summed E-state index contributed by atoms with van der Waals surface area (Å²) in [6.07, 6.45) is 2.91. The molecule has 1 aliphatic rings. The molecule has 1 aliphatic heterocycles. The molecule has 1 atom stereocenters. The number of nitrogens with one attached hydrogen (secondary N) is 1. The Morgan fingerprint density at radius 1 is 1.31 bits per heavy atom. The Hall–Kier alpha value is -2.12. The van der Waals surface area contributed by atoms with E-state index in [4.69, 9.17) is 16.2 Å². The van der Waals surface area contributed by atoms with E-state index < -0.39 is 12.1 Å². The van der Waals surface area contributed by atoms with Crippen LogP contribution in [0.15, 0.2) is 24.3 Å². The number of hydrogen-bond donors (Lipinski definition) is 3. The molecule has 26 heavy (non-hydrogen) atoms. The average Bonchev–Trinajstić information content (AvgIpc) is 2.62. The number of nitrogens with zero attached hydrogens (tertiary/aromatic N) is 1. The van der Waals surface area contributed by atoms with Gasteiger partial charge in [-0.05, 0) is 43.9 Å². The molecule has 1 unspecified atom stereocenters. The summed E-state index contributed by atoms with van der Waals surface area (Å²) in [5.41, 5.74) is 12.7. The zero-order chi connectivity index (χ0) is 18.9. The highest BCUT2D eigenvalue weighted by atomic mass is 16.5. The van der Waals surface area contributed by atoms with Gasteiger partial charge in [-0.3, -0.25) is 4.79 Å². The number of piperidine rings is 1. The summed E-state index contributed by atoms with van der Waals surface area (Å²) >= 11 is 0. The third kappa shape index (κ3) is 6.00. The highest BCUT2D eigenvalue weighted by molar-refractivity contribution is 5.79. The molecule has 2 rings (SSSR count). The number of nitrogens with two attached hydrogens (primary N) is 2. The molecule has 0 bridgehead atoms. The van der Waals surface area contributed by atoms with Gasteiger partial charge in [0.25, 0.3) is 0 Å². The molecular formula is C19H30N4O3. The lowest BCUT2D eigenvalue weighted by Gasteiger charge is -2.33. The van der Waals surface area contributed by atoms with Crippen LogP contribution in [0.1, 0.15) is 42.9 Å². The van der Waals surface area contributed by atoms with Gasteiger partial charge in [-0.25, -0.2) is 4.79 Å². The molecule has 1 aromatic carbocycles. The monoisotopic (exact) mass is 362 g/mol. The highest BCUT2D eigenvalue weighted by Gasteiger charge is 2.26. The second-order valence-corrected chi connectivity index (χ2v) is 6.72. The molecule has 3 amide bonds. The van der Waals surface area contributed by atoms with Crippen molar-refractivity contribution in [1.82, 2.24) is 10.2 Å². The zero-order valence-corrected chi connectivity index (χ0v) is 15.4. The van der Waals surface area contributed by atoms with Gasteiger partial charge in [0, 0.05) is 19.7 Å². The van der Waals surface area contributed by atoms with Crippen LogP contribution in [0.2, 0.25) is 0 Å². The Morgan fingerprint density at radius 2 is 2.00 bits per heavy atom. The first-order valence-electron chi connectivity index (χ1n) is 9.22. The summed E-state index contributed by atoms with van der Waals surface area (Å²) in [6.45, 7) is 4.60. The van der Waals surface area contributed by atoms with E-state index in [1.165, 1.54) is 0 Å². The van der Waals surface area contributed by atoms with E-state index in [2.05, 4.69) is 5.32 Å². The first kappa shape index (κ1) is 20.2. The van der Waals surface area contributed by atoms with Crippen molar-refractivity contribution in [1.29, 1.82) is 0 Å². The van der Waals surface area contributed by atoms with E-state index in [-0.39, 0.29) is 18.4 Å². The minimum absolute atomic E-state index is 0.0208. The number of carbonyl (C=O) groups excluding carboxylic acids is 2. The van der Waals surface area contributed by atoms with Crippen molar-refractivity contribution in [3.05, 3.63) is 35.4 Å². The predicted octanol–water partition coefficient (Wildman–Crippen LogP) is 1.45. The molecule has 7 heteroatoms. The van der Waals surface area contributed by atoms with Crippen LogP contribution < -0.4 is 16.8 Å². The van der Waals surface area contributed by atoms with Gasteiger partial charge in [-0.2, -0.15) is 0 Å². The lowest BCUT2D eigenvalue weighted by Crippen LogP contribution is -2.43. The molecule has 5 N–H and O–H groups in total. The molecule has 1 aromatic rings. The number of ether oxygens (including phenoxy) is 1. The van der Waals surface area contributed by atoms with E-state index in [1.54, 1.807) is 0 Å². The van der Waals surface area contributed by atoms with Gasteiger partial charge in [-0.1, -0.05) is 24.3 Å². The van der Waals surface area contributed by atoms with Crippen molar-refractivity contribution in [2.45, 2.75) is 44.8 Å². The van der Waals surface area contributed by atoms with Crippen LogP contribution in [0, 0.1) is 6.92 Å². The summed E-state index contributed by atoms with van der Waals surface area (Å²) in [4.78, 5) is 25.9. The second-order valence-electron chi connectivity index (χ2n) is 6.72. The fourth-order valence-electron chi connectivity index (χ4n) is 3.30. The Bertz CT molecular complexity index is 600. The summed E-state index contributed by atoms with van der Waals surface area (Å²) in [5.74, 6) is 0.0208. The summed E-state index contributed by atoms with van der Waals surface area (Å²) in [7, 11) is 0. The van der Waals surface area contributed by atoms with Gasteiger partial charge in [0.15, 0.2) is 0 Å². The molecule has 144 valence electrons. The van der Waals surface area contributed by atoms with Crippen molar-refractivity contribution < 1.29 is 14.3 Å². The van der Waals surface area contributed by atoms with E-state index in [0.29, 0.717) is 26.2 Å². The molecule has 1 heterocycles. The number of benzene rings is 1. The van der Waals surface area contributed by atoms with Gasteiger partial charge in [0.2, 0.25) is 5.91 Å². The summed E-state index contributed by atoms with van der Waals surface area (Å²) in [6, 6.07) is 6.66. The normalized spacial score (nSPS) is 16.3. The van der Waals surface area contributed by atoms with E-state index in [9.17, 15) is 9.59 Å². The van der Waals surface area contributed by atoms with Crippen LogP contribution >= 0.6 is 0 Å².